The summed E-state index contributed by atoms with van der Waals surface area (Å²) in [4.78, 5) is 16.8. The number of aryl methyl sites for hydroxylation is 1. The Morgan fingerprint density at radius 3 is 2.56 bits per heavy atom. The molecule has 0 fully saturated rings. The second-order valence-corrected chi connectivity index (χ2v) is 9.08. The van der Waals surface area contributed by atoms with Crippen molar-refractivity contribution >= 4 is 32.8 Å². The van der Waals surface area contributed by atoms with Crippen LogP contribution in [0, 0.1) is 6.92 Å². The minimum absolute atomic E-state index is 0.0272. The van der Waals surface area contributed by atoms with Gasteiger partial charge in [-0.25, -0.2) is 13.4 Å². The van der Waals surface area contributed by atoms with Gasteiger partial charge in [0.15, 0.2) is 9.84 Å². The van der Waals surface area contributed by atoms with Crippen LogP contribution in [-0.4, -0.2) is 30.2 Å². The molecule has 0 bridgehead atoms. The van der Waals surface area contributed by atoms with E-state index >= 15 is 0 Å². The lowest BCUT2D eigenvalue weighted by atomic mass is 10.2. The maximum Gasteiger partial charge on any atom is 0.275 e. The summed E-state index contributed by atoms with van der Waals surface area (Å²) in [6.07, 6.45) is 0. The smallest absolute Gasteiger partial charge is 0.275 e. The molecule has 3 aromatic rings. The summed E-state index contributed by atoms with van der Waals surface area (Å²) in [7, 11) is -3.45. The van der Waals surface area contributed by atoms with Gasteiger partial charge in [0.05, 0.1) is 16.3 Å². The molecule has 140 valence electrons. The quantitative estimate of drug-likeness (QED) is 0.632. The van der Waals surface area contributed by atoms with Crippen molar-refractivity contribution < 1.29 is 18.3 Å². The van der Waals surface area contributed by atoms with E-state index in [1.165, 1.54) is 36.5 Å². The van der Waals surface area contributed by atoms with Crippen molar-refractivity contribution in [1.29, 1.82) is 0 Å². The topological polar surface area (TPSA) is 96.4 Å². The molecule has 0 aliphatic rings. The highest BCUT2D eigenvalue weighted by Crippen LogP contribution is 2.28. The molecule has 0 aliphatic carbocycles. The number of benzene rings is 2. The predicted octanol–water partition coefficient (Wildman–Crippen LogP) is 3.87. The van der Waals surface area contributed by atoms with Gasteiger partial charge in [0.1, 0.15) is 16.5 Å². The summed E-state index contributed by atoms with van der Waals surface area (Å²) in [5.41, 5.74) is 2.26. The van der Waals surface area contributed by atoms with Crippen LogP contribution in [0.1, 0.15) is 23.0 Å². The predicted molar refractivity (Wildman–Crippen MR) is 106 cm³/mol. The number of rotatable bonds is 5. The van der Waals surface area contributed by atoms with Crippen LogP contribution in [0.25, 0.3) is 10.6 Å². The zero-order chi connectivity index (χ0) is 19.6. The molecule has 1 aromatic heterocycles. The highest BCUT2D eigenvalue weighted by molar-refractivity contribution is 7.91. The van der Waals surface area contributed by atoms with Crippen LogP contribution in [0.3, 0.4) is 0 Å². The average molecular weight is 402 g/mol. The first kappa shape index (κ1) is 19.1. The first-order valence-corrected chi connectivity index (χ1v) is 10.7. The fourth-order valence-electron chi connectivity index (χ4n) is 2.37. The van der Waals surface area contributed by atoms with Gasteiger partial charge in [-0.15, -0.1) is 11.3 Å². The molecule has 1 heterocycles. The number of sulfone groups is 1. The number of aromatic nitrogens is 1. The van der Waals surface area contributed by atoms with Gasteiger partial charge in [0.2, 0.25) is 0 Å². The number of phenols is 1. The van der Waals surface area contributed by atoms with Gasteiger partial charge in [-0.1, -0.05) is 36.8 Å². The maximum absolute atomic E-state index is 12.5. The number of thiazole rings is 1. The third-order valence-corrected chi connectivity index (χ3v) is 6.61. The molecule has 2 N–H and O–H groups in total. The zero-order valence-electron chi connectivity index (χ0n) is 14.8. The molecule has 6 nitrogen and oxygen atoms in total. The molecule has 3 rings (SSSR count). The molecule has 0 spiro atoms. The van der Waals surface area contributed by atoms with E-state index in [2.05, 4.69) is 10.3 Å². The minimum Gasteiger partial charge on any atom is -0.506 e. The Labute approximate surface area is 161 Å². The Morgan fingerprint density at radius 1 is 1.19 bits per heavy atom. The molecule has 2 aromatic carbocycles. The van der Waals surface area contributed by atoms with Crippen LogP contribution in [0.4, 0.5) is 5.69 Å². The molecule has 0 aliphatic heterocycles. The van der Waals surface area contributed by atoms with E-state index in [1.807, 2.05) is 31.2 Å². The van der Waals surface area contributed by atoms with Gasteiger partial charge in [0.25, 0.3) is 5.91 Å². The lowest BCUT2D eigenvalue weighted by molar-refractivity contribution is 0.102. The van der Waals surface area contributed by atoms with E-state index in [0.717, 1.165) is 11.1 Å². The molecule has 0 saturated carbocycles. The Hall–Kier alpha value is -2.71. The van der Waals surface area contributed by atoms with E-state index in [0.29, 0.717) is 5.01 Å². The summed E-state index contributed by atoms with van der Waals surface area (Å²) in [5.74, 6) is -0.810. The molecule has 8 heteroatoms. The number of carbonyl (C=O) groups is 1. The Balaban J connectivity index is 1.84. The zero-order valence-corrected chi connectivity index (χ0v) is 16.4. The summed E-state index contributed by atoms with van der Waals surface area (Å²) in [5, 5.41) is 14.8. The molecule has 27 heavy (non-hydrogen) atoms. The van der Waals surface area contributed by atoms with E-state index in [-0.39, 0.29) is 27.8 Å². The Morgan fingerprint density at radius 2 is 1.89 bits per heavy atom. The molecule has 0 atom stereocenters. The number of nitrogens with zero attached hydrogens (tertiary/aromatic N) is 1. The second-order valence-electron chi connectivity index (χ2n) is 5.94. The monoisotopic (exact) mass is 402 g/mol. The van der Waals surface area contributed by atoms with Gasteiger partial charge in [-0.2, -0.15) is 0 Å². The standard InChI is InChI=1S/C19H18N2O4S2/c1-3-27(24,25)14-8-9-17(22)15(10-14)20-18(23)16-11-26-19(21-16)13-6-4-12(2)5-7-13/h4-11,22H,3H2,1-2H3,(H,20,23). The number of nitrogens with one attached hydrogen (secondary N) is 1. The largest absolute Gasteiger partial charge is 0.506 e. The fraction of sp³-hybridized carbons (Fsp3) is 0.158. The molecule has 1 amide bonds. The van der Waals surface area contributed by atoms with Gasteiger partial charge in [-0.3, -0.25) is 4.79 Å². The number of phenolic OH excluding ortho intramolecular Hbond substituents is 1. The van der Waals surface area contributed by atoms with E-state index < -0.39 is 15.7 Å². The highest BCUT2D eigenvalue weighted by atomic mass is 32.2. The summed E-state index contributed by atoms with van der Waals surface area (Å²) < 4.78 is 24.0. The minimum atomic E-state index is -3.45. The van der Waals surface area contributed by atoms with E-state index in [9.17, 15) is 18.3 Å². The first-order chi connectivity index (χ1) is 12.8. The van der Waals surface area contributed by atoms with Crippen molar-refractivity contribution in [3.05, 3.63) is 59.1 Å². The fourth-order valence-corrected chi connectivity index (χ4v) is 4.08. The van der Waals surface area contributed by atoms with Crippen molar-refractivity contribution in [3.8, 4) is 16.3 Å². The molecular weight excluding hydrogens is 384 g/mol. The molecule has 0 unspecified atom stereocenters. The molecular formula is C19H18N2O4S2. The maximum atomic E-state index is 12.5. The lowest BCUT2D eigenvalue weighted by Crippen LogP contribution is -2.13. The van der Waals surface area contributed by atoms with Crippen LogP contribution in [-0.2, 0) is 9.84 Å². The van der Waals surface area contributed by atoms with Gasteiger partial charge >= 0.3 is 0 Å². The number of hydrogen-bond acceptors (Lipinski definition) is 6. The number of anilines is 1. The normalized spacial score (nSPS) is 11.3. The van der Waals surface area contributed by atoms with E-state index in [1.54, 1.807) is 5.38 Å². The Bertz CT molecular complexity index is 1090. The van der Waals surface area contributed by atoms with Crippen molar-refractivity contribution in [2.75, 3.05) is 11.1 Å². The second kappa shape index (κ2) is 7.50. The van der Waals surface area contributed by atoms with Crippen LogP contribution in [0.5, 0.6) is 5.75 Å². The summed E-state index contributed by atoms with van der Waals surface area (Å²) >= 11 is 1.33. The van der Waals surface area contributed by atoms with Crippen LogP contribution < -0.4 is 5.32 Å². The van der Waals surface area contributed by atoms with Gasteiger partial charge in [-0.05, 0) is 25.1 Å². The summed E-state index contributed by atoms with van der Waals surface area (Å²) in [6, 6.07) is 11.6. The Kier molecular flexibility index (Phi) is 5.29. The average Bonchev–Trinajstić information content (AvgIpc) is 3.14. The first-order valence-electron chi connectivity index (χ1n) is 8.20. The highest BCUT2D eigenvalue weighted by Gasteiger charge is 2.17. The number of hydrogen-bond donors (Lipinski definition) is 2. The van der Waals surface area contributed by atoms with Crippen LogP contribution in [0.15, 0.2) is 52.7 Å². The van der Waals surface area contributed by atoms with Gasteiger partial charge < -0.3 is 10.4 Å². The molecule has 0 saturated heterocycles. The van der Waals surface area contributed by atoms with Crippen LogP contribution in [0.2, 0.25) is 0 Å². The third-order valence-electron chi connectivity index (χ3n) is 3.99. The lowest BCUT2D eigenvalue weighted by Gasteiger charge is -2.08. The van der Waals surface area contributed by atoms with Crippen molar-refractivity contribution in [1.82, 2.24) is 4.98 Å². The number of aromatic hydroxyl groups is 1. The van der Waals surface area contributed by atoms with E-state index in [4.69, 9.17) is 0 Å². The number of carbonyl (C=O) groups excluding carboxylic acids is 1. The summed E-state index contributed by atoms with van der Waals surface area (Å²) in [6.45, 7) is 3.52. The van der Waals surface area contributed by atoms with Crippen molar-refractivity contribution in [3.63, 3.8) is 0 Å². The third kappa shape index (κ3) is 4.17. The number of amides is 1. The SMILES string of the molecule is CCS(=O)(=O)c1ccc(O)c(NC(=O)c2csc(-c3ccc(C)cc3)n2)c1. The molecule has 0 radical (unpaired) electrons. The van der Waals surface area contributed by atoms with Gasteiger partial charge in [0, 0.05) is 10.9 Å². The van der Waals surface area contributed by atoms with Crippen molar-refractivity contribution in [2.45, 2.75) is 18.7 Å². The van der Waals surface area contributed by atoms with Crippen molar-refractivity contribution in [2.24, 2.45) is 0 Å². The van der Waals surface area contributed by atoms with Crippen LogP contribution >= 0.6 is 11.3 Å².